The smallest absolute Gasteiger partial charge is 0.335 e. The fourth-order valence-electron chi connectivity index (χ4n) is 2.23. The number of carbonyl (C=O) groups is 1. The minimum Gasteiger partial charge on any atom is -0.432 e. The number of ether oxygens (including phenoxy) is 1. The predicted octanol–water partition coefficient (Wildman–Crippen LogP) is 5.93. The molecule has 0 aliphatic rings. The van der Waals surface area contributed by atoms with Gasteiger partial charge in [-0.15, -0.1) is 0 Å². The lowest BCUT2D eigenvalue weighted by Crippen LogP contribution is -1.92. The van der Waals surface area contributed by atoms with Crippen molar-refractivity contribution in [1.29, 1.82) is 0 Å². The Morgan fingerprint density at radius 2 is 1.40 bits per heavy atom. The molecule has 0 bridgehead atoms. The van der Waals surface area contributed by atoms with Crippen molar-refractivity contribution >= 4 is 5.97 Å². The summed E-state index contributed by atoms with van der Waals surface area (Å²) in [7, 11) is 0. The molecule has 0 unspecified atom stereocenters. The standard InChI is InChI=1S/C18H32O2/c1-3-5-6-7-8-9-10-11-12-13-14-15-16-17-18(19)20-4-2/h4,16-17H,2-3,5-15H2,1H3. The summed E-state index contributed by atoms with van der Waals surface area (Å²) < 4.78 is 4.59. The van der Waals surface area contributed by atoms with E-state index in [4.69, 9.17) is 0 Å². The number of carbonyl (C=O) groups excluding carboxylic acids is 1. The molecule has 20 heavy (non-hydrogen) atoms. The van der Waals surface area contributed by atoms with Gasteiger partial charge >= 0.3 is 5.97 Å². The Bertz CT molecular complexity index is 256. The van der Waals surface area contributed by atoms with Crippen LogP contribution in [0.1, 0.15) is 84.0 Å². The molecule has 0 heterocycles. The maximum atomic E-state index is 11.0. The number of unbranched alkanes of at least 4 members (excludes halogenated alkanes) is 11. The van der Waals surface area contributed by atoms with Crippen molar-refractivity contribution in [2.75, 3.05) is 0 Å². The molecule has 0 rings (SSSR count). The number of esters is 1. The number of allylic oxidation sites excluding steroid dienone is 1. The predicted molar refractivity (Wildman–Crippen MR) is 86.5 cm³/mol. The normalized spacial score (nSPS) is 10.8. The Balaban J connectivity index is 3.13. The lowest BCUT2D eigenvalue weighted by molar-refractivity contribution is -0.132. The van der Waals surface area contributed by atoms with E-state index in [-0.39, 0.29) is 5.97 Å². The molecule has 116 valence electrons. The van der Waals surface area contributed by atoms with E-state index in [9.17, 15) is 4.79 Å². The van der Waals surface area contributed by atoms with Crippen molar-refractivity contribution in [3.05, 3.63) is 25.0 Å². The van der Waals surface area contributed by atoms with E-state index in [1.54, 1.807) is 0 Å². The van der Waals surface area contributed by atoms with Gasteiger partial charge in [-0.3, -0.25) is 0 Å². The summed E-state index contributed by atoms with van der Waals surface area (Å²) in [6, 6.07) is 0. The van der Waals surface area contributed by atoms with E-state index < -0.39 is 0 Å². The number of rotatable bonds is 14. The third-order valence-corrected chi connectivity index (χ3v) is 3.43. The highest BCUT2D eigenvalue weighted by molar-refractivity contribution is 5.82. The lowest BCUT2D eigenvalue weighted by Gasteiger charge is -2.01. The average Bonchev–Trinajstić information content (AvgIpc) is 2.44. The van der Waals surface area contributed by atoms with E-state index in [0.29, 0.717) is 0 Å². The highest BCUT2D eigenvalue weighted by atomic mass is 16.5. The summed E-state index contributed by atoms with van der Waals surface area (Å²) in [5, 5.41) is 0. The van der Waals surface area contributed by atoms with Crippen molar-refractivity contribution in [3.8, 4) is 0 Å². The molecule has 2 heteroatoms. The van der Waals surface area contributed by atoms with Gasteiger partial charge in [0.05, 0.1) is 6.26 Å². The Morgan fingerprint density at radius 1 is 0.900 bits per heavy atom. The van der Waals surface area contributed by atoms with Crippen LogP contribution in [0.2, 0.25) is 0 Å². The Kier molecular flexibility index (Phi) is 15.2. The first-order chi connectivity index (χ1) is 9.81. The molecule has 0 aromatic rings. The molecule has 0 saturated heterocycles. The van der Waals surface area contributed by atoms with Gasteiger partial charge in [0, 0.05) is 6.08 Å². The molecule has 0 spiro atoms. The van der Waals surface area contributed by atoms with Crippen LogP contribution in [0.4, 0.5) is 0 Å². The largest absolute Gasteiger partial charge is 0.432 e. The number of hydrogen-bond donors (Lipinski definition) is 0. The highest BCUT2D eigenvalue weighted by Gasteiger charge is 1.93. The summed E-state index contributed by atoms with van der Waals surface area (Å²) in [4.78, 5) is 11.0. The fraction of sp³-hybridized carbons (Fsp3) is 0.722. The van der Waals surface area contributed by atoms with Crippen LogP contribution in [0.25, 0.3) is 0 Å². The van der Waals surface area contributed by atoms with Gasteiger partial charge < -0.3 is 4.74 Å². The Labute approximate surface area is 125 Å². The molecule has 0 aliphatic heterocycles. The molecular weight excluding hydrogens is 248 g/mol. The fourth-order valence-corrected chi connectivity index (χ4v) is 2.23. The van der Waals surface area contributed by atoms with Crippen LogP contribution in [-0.2, 0) is 9.53 Å². The first-order valence-corrected chi connectivity index (χ1v) is 8.29. The molecular formula is C18H32O2. The molecule has 0 atom stereocenters. The van der Waals surface area contributed by atoms with Crippen LogP contribution < -0.4 is 0 Å². The van der Waals surface area contributed by atoms with Crippen molar-refractivity contribution in [1.82, 2.24) is 0 Å². The molecule has 0 N–H and O–H groups in total. The zero-order valence-corrected chi connectivity index (χ0v) is 13.2. The summed E-state index contributed by atoms with van der Waals surface area (Å²) in [5.41, 5.74) is 0. The topological polar surface area (TPSA) is 26.3 Å². The van der Waals surface area contributed by atoms with Gasteiger partial charge in [-0.05, 0) is 12.8 Å². The Hall–Kier alpha value is -1.05. The second-order valence-corrected chi connectivity index (χ2v) is 5.33. The zero-order valence-electron chi connectivity index (χ0n) is 13.2. The van der Waals surface area contributed by atoms with Gasteiger partial charge in [-0.2, -0.15) is 0 Å². The van der Waals surface area contributed by atoms with Gasteiger partial charge in [-0.25, -0.2) is 4.79 Å². The second-order valence-electron chi connectivity index (χ2n) is 5.33. The summed E-state index contributed by atoms with van der Waals surface area (Å²) >= 11 is 0. The highest BCUT2D eigenvalue weighted by Crippen LogP contribution is 2.11. The van der Waals surface area contributed by atoms with Crippen molar-refractivity contribution in [3.63, 3.8) is 0 Å². The molecule has 0 aromatic heterocycles. The van der Waals surface area contributed by atoms with E-state index in [2.05, 4.69) is 18.2 Å². The third kappa shape index (κ3) is 15.0. The summed E-state index contributed by atoms with van der Waals surface area (Å²) in [6.07, 6.45) is 20.3. The first-order valence-electron chi connectivity index (χ1n) is 8.29. The third-order valence-electron chi connectivity index (χ3n) is 3.43. The zero-order chi connectivity index (χ0) is 14.9. The molecule has 0 radical (unpaired) electrons. The van der Waals surface area contributed by atoms with Crippen LogP contribution >= 0.6 is 0 Å². The van der Waals surface area contributed by atoms with Crippen LogP contribution in [-0.4, -0.2) is 5.97 Å². The lowest BCUT2D eigenvalue weighted by atomic mass is 10.1. The van der Waals surface area contributed by atoms with Gasteiger partial charge in [-0.1, -0.05) is 83.8 Å². The van der Waals surface area contributed by atoms with E-state index in [1.165, 1.54) is 70.3 Å². The summed E-state index contributed by atoms with van der Waals surface area (Å²) in [5.74, 6) is -0.330. The van der Waals surface area contributed by atoms with Crippen molar-refractivity contribution in [2.24, 2.45) is 0 Å². The maximum absolute atomic E-state index is 11.0. The second kappa shape index (κ2) is 16.0. The van der Waals surface area contributed by atoms with E-state index in [1.807, 2.05) is 6.08 Å². The van der Waals surface area contributed by atoms with Crippen molar-refractivity contribution < 1.29 is 9.53 Å². The minimum atomic E-state index is -0.330. The van der Waals surface area contributed by atoms with Gasteiger partial charge in [0.2, 0.25) is 0 Å². The molecule has 0 fully saturated rings. The van der Waals surface area contributed by atoms with E-state index in [0.717, 1.165) is 19.1 Å². The minimum absolute atomic E-state index is 0.330. The van der Waals surface area contributed by atoms with Crippen molar-refractivity contribution in [2.45, 2.75) is 84.0 Å². The molecule has 2 nitrogen and oxygen atoms in total. The summed E-state index contributed by atoms with van der Waals surface area (Å²) in [6.45, 7) is 5.60. The van der Waals surface area contributed by atoms with Gasteiger partial charge in [0.15, 0.2) is 0 Å². The average molecular weight is 280 g/mol. The first kappa shape index (κ1) is 18.9. The van der Waals surface area contributed by atoms with Crippen LogP contribution in [0.15, 0.2) is 25.0 Å². The van der Waals surface area contributed by atoms with Crippen LogP contribution in [0.5, 0.6) is 0 Å². The number of hydrogen-bond acceptors (Lipinski definition) is 2. The molecule has 0 aliphatic carbocycles. The van der Waals surface area contributed by atoms with Crippen LogP contribution in [0, 0.1) is 0 Å². The SMILES string of the molecule is C=COC(=O)C=CCCCCCCCCCCCCC. The van der Waals surface area contributed by atoms with Gasteiger partial charge in [0.25, 0.3) is 0 Å². The molecule has 0 aromatic carbocycles. The molecule has 0 amide bonds. The maximum Gasteiger partial charge on any atom is 0.335 e. The molecule has 0 saturated carbocycles. The quantitative estimate of drug-likeness (QED) is 0.170. The van der Waals surface area contributed by atoms with Crippen LogP contribution in [0.3, 0.4) is 0 Å². The Morgan fingerprint density at radius 3 is 1.90 bits per heavy atom. The monoisotopic (exact) mass is 280 g/mol. The van der Waals surface area contributed by atoms with Gasteiger partial charge in [0.1, 0.15) is 0 Å². The van der Waals surface area contributed by atoms with E-state index >= 15 is 0 Å².